The molecule has 0 unspecified atom stereocenters. The van der Waals surface area contributed by atoms with Gasteiger partial charge in [-0.2, -0.15) is 0 Å². The van der Waals surface area contributed by atoms with E-state index < -0.39 is 0 Å². The Hall–Kier alpha value is -1.50. The highest BCUT2D eigenvalue weighted by atomic mass is 32.2. The summed E-state index contributed by atoms with van der Waals surface area (Å²) in [6.45, 7) is 0. The van der Waals surface area contributed by atoms with Gasteiger partial charge in [0.2, 0.25) is 0 Å². The van der Waals surface area contributed by atoms with E-state index in [9.17, 15) is 9.59 Å². The average Bonchev–Trinajstić information content (AvgIpc) is 2.18. The number of amidine groups is 1. The summed E-state index contributed by atoms with van der Waals surface area (Å²) in [7, 11) is 3.00. The lowest BCUT2D eigenvalue weighted by atomic mass is 10.4. The Kier molecular flexibility index (Phi) is 3.35. The van der Waals surface area contributed by atoms with Crippen molar-refractivity contribution in [1.29, 1.82) is 5.41 Å². The maximum atomic E-state index is 11.5. The van der Waals surface area contributed by atoms with Crippen LogP contribution in [0.2, 0.25) is 0 Å². The van der Waals surface area contributed by atoms with E-state index in [0.29, 0.717) is 11.4 Å². The van der Waals surface area contributed by atoms with Crippen molar-refractivity contribution in [2.75, 3.05) is 0 Å². The Bertz CT molecular complexity index is 502. The summed E-state index contributed by atoms with van der Waals surface area (Å²) in [6.07, 6.45) is 0. The van der Waals surface area contributed by atoms with Crippen molar-refractivity contribution < 1.29 is 0 Å². The summed E-state index contributed by atoms with van der Waals surface area (Å²) in [5.41, 5.74) is 5.01. The highest BCUT2D eigenvalue weighted by Gasteiger charge is 2.06. The predicted molar refractivity (Wildman–Crippen MR) is 60.1 cm³/mol. The normalized spacial score (nSPS) is 10.3. The summed E-state index contributed by atoms with van der Waals surface area (Å²) in [4.78, 5) is 22.8. The number of hydrogen-bond donors (Lipinski definition) is 2. The molecule has 0 aliphatic rings. The Labute approximate surface area is 90.2 Å². The van der Waals surface area contributed by atoms with Crippen molar-refractivity contribution in [1.82, 2.24) is 9.13 Å². The summed E-state index contributed by atoms with van der Waals surface area (Å²) in [5.74, 6) is 0.344. The van der Waals surface area contributed by atoms with E-state index in [1.165, 1.54) is 17.7 Å². The molecule has 0 saturated heterocycles. The van der Waals surface area contributed by atoms with Crippen molar-refractivity contribution in [3.05, 3.63) is 32.6 Å². The summed E-state index contributed by atoms with van der Waals surface area (Å²) >= 11 is 1.08. The van der Waals surface area contributed by atoms with Gasteiger partial charge in [0.05, 0.1) is 0 Å². The molecule has 82 valence electrons. The quantitative estimate of drug-likeness (QED) is 0.512. The van der Waals surface area contributed by atoms with Crippen molar-refractivity contribution >= 4 is 16.9 Å². The molecule has 1 aromatic heterocycles. The SMILES string of the molecule is Cn1c(CSC(=N)N)cc(=O)n(C)c1=O. The Morgan fingerprint density at radius 1 is 1.47 bits per heavy atom. The van der Waals surface area contributed by atoms with E-state index in [4.69, 9.17) is 11.1 Å². The molecule has 0 atom stereocenters. The van der Waals surface area contributed by atoms with Gasteiger partial charge in [0.1, 0.15) is 0 Å². The van der Waals surface area contributed by atoms with Crippen molar-refractivity contribution in [3.8, 4) is 0 Å². The highest BCUT2D eigenvalue weighted by Crippen LogP contribution is 2.07. The Morgan fingerprint density at radius 2 is 2.07 bits per heavy atom. The second kappa shape index (κ2) is 4.35. The van der Waals surface area contributed by atoms with Crippen LogP contribution in [0.4, 0.5) is 0 Å². The van der Waals surface area contributed by atoms with Crippen LogP contribution in [0.5, 0.6) is 0 Å². The van der Waals surface area contributed by atoms with Crippen LogP contribution in [-0.2, 0) is 19.8 Å². The average molecular weight is 228 g/mol. The third kappa shape index (κ3) is 2.50. The molecule has 0 aromatic carbocycles. The first-order valence-corrected chi connectivity index (χ1v) is 5.15. The van der Waals surface area contributed by atoms with Crippen LogP contribution in [0.25, 0.3) is 0 Å². The summed E-state index contributed by atoms with van der Waals surface area (Å²) < 4.78 is 2.40. The lowest BCUT2D eigenvalue weighted by molar-refractivity contribution is 0.665. The van der Waals surface area contributed by atoms with Gasteiger partial charge in [0, 0.05) is 31.6 Å². The molecule has 0 aliphatic carbocycles. The fraction of sp³-hybridized carbons (Fsp3) is 0.375. The minimum absolute atomic E-state index is 0.0388. The zero-order valence-corrected chi connectivity index (χ0v) is 9.30. The zero-order valence-electron chi connectivity index (χ0n) is 8.48. The lowest BCUT2D eigenvalue weighted by Crippen LogP contribution is -2.37. The number of aromatic nitrogens is 2. The molecule has 0 saturated carbocycles. The smallest absolute Gasteiger partial charge is 0.330 e. The molecule has 1 heterocycles. The van der Waals surface area contributed by atoms with Crippen LogP contribution < -0.4 is 17.0 Å². The third-order valence-corrected chi connectivity index (χ3v) is 2.75. The molecule has 0 spiro atoms. The monoisotopic (exact) mass is 228 g/mol. The highest BCUT2D eigenvalue weighted by molar-refractivity contribution is 8.13. The van der Waals surface area contributed by atoms with E-state index in [1.807, 2.05) is 0 Å². The molecule has 7 heteroatoms. The summed E-state index contributed by atoms with van der Waals surface area (Å²) in [5, 5.41) is 6.99. The van der Waals surface area contributed by atoms with Gasteiger partial charge in [-0.05, 0) is 0 Å². The predicted octanol–water partition coefficient (Wildman–Crippen LogP) is -0.789. The third-order valence-electron chi connectivity index (χ3n) is 2.00. The number of hydrogen-bond acceptors (Lipinski definition) is 4. The van der Waals surface area contributed by atoms with Crippen LogP contribution in [0.1, 0.15) is 5.69 Å². The van der Waals surface area contributed by atoms with Crippen LogP contribution >= 0.6 is 11.8 Å². The van der Waals surface area contributed by atoms with Crippen LogP contribution in [0.15, 0.2) is 15.7 Å². The van der Waals surface area contributed by atoms with E-state index in [2.05, 4.69) is 0 Å². The number of nitrogens with one attached hydrogen (secondary N) is 1. The molecule has 0 fully saturated rings. The van der Waals surface area contributed by atoms with Gasteiger partial charge in [-0.25, -0.2) is 4.79 Å². The van der Waals surface area contributed by atoms with E-state index in [1.54, 1.807) is 7.05 Å². The zero-order chi connectivity index (χ0) is 11.6. The first kappa shape index (κ1) is 11.6. The van der Waals surface area contributed by atoms with E-state index in [0.717, 1.165) is 16.3 Å². The van der Waals surface area contributed by atoms with Crippen LogP contribution in [0.3, 0.4) is 0 Å². The first-order chi connectivity index (χ1) is 6.93. The van der Waals surface area contributed by atoms with Gasteiger partial charge >= 0.3 is 5.69 Å². The molecule has 15 heavy (non-hydrogen) atoms. The molecular weight excluding hydrogens is 216 g/mol. The second-order valence-corrected chi connectivity index (χ2v) is 4.04. The number of nitrogens with zero attached hydrogens (tertiary/aromatic N) is 2. The molecule has 0 amide bonds. The first-order valence-electron chi connectivity index (χ1n) is 4.16. The molecule has 0 bridgehead atoms. The van der Waals surface area contributed by atoms with Crippen LogP contribution in [-0.4, -0.2) is 14.3 Å². The van der Waals surface area contributed by atoms with Gasteiger partial charge in [-0.3, -0.25) is 19.3 Å². The molecule has 0 aliphatic heterocycles. The Balaban J connectivity index is 3.16. The largest absolute Gasteiger partial charge is 0.379 e. The standard InChI is InChI=1S/C8H12N4O2S/c1-11-5(4-15-7(9)10)3-6(13)12(2)8(11)14/h3H,4H2,1-2H3,(H3,9,10). The van der Waals surface area contributed by atoms with Crippen molar-refractivity contribution in [2.45, 2.75) is 5.75 Å². The van der Waals surface area contributed by atoms with Gasteiger partial charge in [-0.15, -0.1) is 0 Å². The fourth-order valence-corrected chi connectivity index (χ4v) is 1.65. The molecule has 1 aromatic rings. The molecule has 1 rings (SSSR count). The second-order valence-electron chi connectivity index (χ2n) is 3.03. The Morgan fingerprint density at radius 3 is 2.60 bits per heavy atom. The van der Waals surface area contributed by atoms with Crippen LogP contribution in [0, 0.1) is 5.41 Å². The maximum absolute atomic E-state index is 11.5. The minimum atomic E-state index is -0.373. The van der Waals surface area contributed by atoms with Gasteiger partial charge in [-0.1, -0.05) is 11.8 Å². The number of nitrogens with two attached hydrogens (primary N) is 1. The summed E-state index contributed by atoms with van der Waals surface area (Å²) in [6, 6.07) is 1.37. The van der Waals surface area contributed by atoms with Crippen molar-refractivity contribution in [3.63, 3.8) is 0 Å². The van der Waals surface area contributed by atoms with Gasteiger partial charge in [0.15, 0.2) is 5.17 Å². The number of thioether (sulfide) groups is 1. The molecule has 3 N–H and O–H groups in total. The fourth-order valence-electron chi connectivity index (χ4n) is 1.07. The lowest BCUT2D eigenvalue weighted by Gasteiger charge is -2.08. The topological polar surface area (TPSA) is 93.9 Å². The number of rotatable bonds is 2. The molecular formula is C8H12N4O2S. The van der Waals surface area contributed by atoms with Gasteiger partial charge < -0.3 is 5.73 Å². The minimum Gasteiger partial charge on any atom is -0.379 e. The van der Waals surface area contributed by atoms with Gasteiger partial charge in [0.25, 0.3) is 5.56 Å². The van der Waals surface area contributed by atoms with Crippen molar-refractivity contribution in [2.24, 2.45) is 19.8 Å². The maximum Gasteiger partial charge on any atom is 0.330 e. The van der Waals surface area contributed by atoms with E-state index >= 15 is 0 Å². The van der Waals surface area contributed by atoms with E-state index in [-0.39, 0.29) is 16.4 Å². The molecule has 6 nitrogen and oxygen atoms in total. The molecule has 0 radical (unpaired) electrons.